The van der Waals surface area contributed by atoms with Crippen molar-refractivity contribution in [2.45, 2.75) is 38.8 Å². The predicted molar refractivity (Wildman–Crippen MR) is 165 cm³/mol. The van der Waals surface area contributed by atoms with E-state index in [0.29, 0.717) is 5.69 Å². The molecular weight excluding hydrogens is 531 g/mol. The average molecular weight is 565 g/mol. The maximum absolute atomic E-state index is 14.1. The molecule has 0 bridgehead atoms. The quantitative estimate of drug-likeness (QED) is 0.272. The summed E-state index contributed by atoms with van der Waals surface area (Å²) in [6.07, 6.45) is -0.247. The average Bonchev–Trinajstić information content (AvgIpc) is 3.50. The Bertz CT molecular complexity index is 1630. The fourth-order valence-electron chi connectivity index (χ4n) is 5.81. The molecule has 6 rings (SSSR count). The van der Waals surface area contributed by atoms with Crippen molar-refractivity contribution in [3.63, 3.8) is 0 Å². The third kappa shape index (κ3) is 4.44. The van der Waals surface area contributed by atoms with Crippen LogP contribution in [0.4, 0.5) is 4.79 Å². The van der Waals surface area contributed by atoms with Crippen LogP contribution in [-0.4, -0.2) is 28.3 Å². The van der Waals surface area contributed by atoms with Crippen LogP contribution in [0, 0.1) is 0 Å². The van der Waals surface area contributed by atoms with Crippen LogP contribution in [0.5, 0.6) is 0 Å². The molecule has 1 fully saturated rings. The molecule has 41 heavy (non-hydrogen) atoms. The standard InChI is InChI=1S/C34H33N2O4P/c1-34(2,3)39-33(38)36-26(23-25-15-13-14-22-31(25)36)24-30-32(37)40-41(35-30,27-16-7-4-8-17-27,28-18-9-5-10-19-28)29-20-11-6-12-21-29/h4-23,30,35H,24H2,1-3H3. The van der Waals surface area contributed by atoms with Crippen molar-refractivity contribution in [2.24, 2.45) is 0 Å². The van der Waals surface area contributed by atoms with Crippen molar-refractivity contribution in [2.75, 3.05) is 0 Å². The van der Waals surface area contributed by atoms with Gasteiger partial charge >= 0.3 is 240 Å². The molecular formula is C34H33N2O4P. The van der Waals surface area contributed by atoms with Gasteiger partial charge in [0.15, 0.2) is 0 Å². The predicted octanol–water partition coefficient (Wildman–Crippen LogP) is 5.84. The van der Waals surface area contributed by atoms with Crippen molar-refractivity contribution in [3.05, 3.63) is 127 Å². The molecule has 5 aromatic rings. The van der Waals surface area contributed by atoms with Crippen LogP contribution in [0.15, 0.2) is 121 Å². The Kier molecular flexibility index (Phi) is 6.56. The molecule has 0 saturated carbocycles. The third-order valence-corrected chi connectivity index (χ3v) is 12.7. The van der Waals surface area contributed by atoms with E-state index in [1.807, 2.05) is 142 Å². The van der Waals surface area contributed by atoms with E-state index in [1.165, 1.54) is 0 Å². The van der Waals surface area contributed by atoms with Crippen LogP contribution in [0.3, 0.4) is 0 Å². The topological polar surface area (TPSA) is 69.6 Å². The minimum atomic E-state index is -3.96. The summed E-state index contributed by atoms with van der Waals surface area (Å²) in [5.74, 6) is -0.361. The van der Waals surface area contributed by atoms with Crippen LogP contribution in [0.25, 0.3) is 10.9 Å². The second-order valence-corrected chi connectivity index (χ2v) is 15.4. The van der Waals surface area contributed by atoms with Crippen LogP contribution in [0.2, 0.25) is 0 Å². The van der Waals surface area contributed by atoms with Crippen molar-refractivity contribution < 1.29 is 18.8 Å². The third-order valence-electron chi connectivity index (χ3n) is 7.48. The van der Waals surface area contributed by atoms with Crippen LogP contribution in [-0.2, 0) is 20.5 Å². The van der Waals surface area contributed by atoms with Crippen LogP contribution in [0.1, 0.15) is 26.5 Å². The molecule has 1 aromatic heterocycles. The van der Waals surface area contributed by atoms with Gasteiger partial charge in [-0.15, -0.1) is 0 Å². The van der Waals surface area contributed by atoms with Gasteiger partial charge in [-0.05, 0) is 0 Å². The molecule has 208 valence electrons. The summed E-state index contributed by atoms with van der Waals surface area (Å²) in [7, 11) is 0. The number of fused-ring (bicyclic) bond motifs is 1. The zero-order valence-corrected chi connectivity index (χ0v) is 24.3. The molecule has 2 heterocycles. The van der Waals surface area contributed by atoms with Gasteiger partial charge in [-0.25, -0.2) is 0 Å². The normalized spacial score (nSPS) is 18.8. The number of carbonyl (C=O) groups is 2. The van der Waals surface area contributed by atoms with E-state index < -0.39 is 24.7 Å². The monoisotopic (exact) mass is 564 g/mol. The molecule has 0 aliphatic carbocycles. The molecule has 1 aliphatic rings. The maximum atomic E-state index is 14.1. The summed E-state index contributed by atoms with van der Waals surface area (Å²) in [5, 5.41) is 7.42. The van der Waals surface area contributed by atoms with Crippen molar-refractivity contribution in [3.8, 4) is 0 Å². The molecule has 0 amide bonds. The SMILES string of the molecule is CC(C)(C)OC(=O)n1c(CC2NP(c3ccccc3)(c3ccccc3)(c3ccccc3)OC2=O)cc2ccccc21. The van der Waals surface area contributed by atoms with E-state index in [0.717, 1.165) is 26.8 Å². The van der Waals surface area contributed by atoms with Gasteiger partial charge in [0.25, 0.3) is 0 Å². The molecule has 7 heteroatoms. The number of para-hydroxylation sites is 1. The number of nitrogens with one attached hydrogen (secondary N) is 1. The summed E-state index contributed by atoms with van der Waals surface area (Å²) in [5.41, 5.74) is 0.724. The summed E-state index contributed by atoms with van der Waals surface area (Å²) in [6.45, 7) is 1.56. The molecule has 1 unspecified atom stereocenters. The first-order valence-corrected chi connectivity index (χ1v) is 15.9. The second kappa shape index (κ2) is 9.99. The van der Waals surface area contributed by atoms with Gasteiger partial charge in [0.1, 0.15) is 0 Å². The Morgan fingerprint density at radius 1 is 0.805 bits per heavy atom. The van der Waals surface area contributed by atoms with E-state index >= 15 is 0 Å². The Labute approximate surface area is 240 Å². The first-order valence-electron chi connectivity index (χ1n) is 13.7. The number of hydrogen-bond donors (Lipinski definition) is 1. The van der Waals surface area contributed by atoms with Gasteiger partial charge in [0, 0.05) is 0 Å². The summed E-state index contributed by atoms with van der Waals surface area (Å²) in [6, 6.07) is 38.8. The Morgan fingerprint density at radius 2 is 1.29 bits per heavy atom. The van der Waals surface area contributed by atoms with Gasteiger partial charge < -0.3 is 0 Å². The number of ether oxygens (including phenoxy) is 1. The van der Waals surface area contributed by atoms with Crippen molar-refractivity contribution in [1.29, 1.82) is 0 Å². The number of rotatable bonds is 5. The zero-order valence-electron chi connectivity index (χ0n) is 23.4. The molecule has 1 N–H and O–H groups in total. The summed E-state index contributed by atoms with van der Waals surface area (Å²) >= 11 is 0. The van der Waals surface area contributed by atoms with Gasteiger partial charge in [0.05, 0.1) is 0 Å². The molecule has 0 spiro atoms. The summed E-state index contributed by atoms with van der Waals surface area (Å²) < 4.78 is 14.2. The van der Waals surface area contributed by atoms with E-state index in [1.54, 1.807) is 4.57 Å². The number of nitrogens with zero attached hydrogens (tertiary/aromatic N) is 1. The summed E-state index contributed by atoms with van der Waals surface area (Å²) in [4.78, 5) is 27.5. The molecule has 1 saturated heterocycles. The number of carbonyl (C=O) groups excluding carboxylic acids is 2. The number of hydrogen-bond acceptors (Lipinski definition) is 5. The van der Waals surface area contributed by atoms with Crippen LogP contribution < -0.4 is 21.0 Å². The van der Waals surface area contributed by atoms with Gasteiger partial charge in [-0.2, -0.15) is 0 Å². The van der Waals surface area contributed by atoms with E-state index in [-0.39, 0.29) is 12.4 Å². The van der Waals surface area contributed by atoms with Gasteiger partial charge in [0.2, 0.25) is 0 Å². The first kappa shape index (κ1) is 26.9. The fourth-order valence-corrected chi connectivity index (χ4v) is 11.0. The van der Waals surface area contributed by atoms with E-state index in [2.05, 4.69) is 5.09 Å². The van der Waals surface area contributed by atoms with Crippen LogP contribution >= 0.6 is 6.98 Å². The molecule has 0 radical (unpaired) electrons. The molecule has 4 aromatic carbocycles. The Balaban J connectivity index is 1.53. The Morgan fingerprint density at radius 3 is 1.80 bits per heavy atom. The first-order chi connectivity index (χ1) is 19.7. The molecule has 1 atom stereocenters. The van der Waals surface area contributed by atoms with E-state index in [4.69, 9.17) is 9.26 Å². The second-order valence-electron chi connectivity index (χ2n) is 11.3. The van der Waals surface area contributed by atoms with Crippen molar-refractivity contribution >= 4 is 45.9 Å². The van der Waals surface area contributed by atoms with Gasteiger partial charge in [-0.1, -0.05) is 0 Å². The zero-order chi connectivity index (χ0) is 28.7. The number of benzene rings is 4. The van der Waals surface area contributed by atoms with E-state index in [9.17, 15) is 9.59 Å². The van der Waals surface area contributed by atoms with Crippen molar-refractivity contribution in [1.82, 2.24) is 9.65 Å². The van der Waals surface area contributed by atoms with Gasteiger partial charge in [-0.3, -0.25) is 0 Å². The molecule has 6 nitrogen and oxygen atoms in total. The number of aromatic nitrogens is 1. The molecule has 1 aliphatic heterocycles. The fraction of sp³-hybridized carbons (Fsp3) is 0.176. The Hall–Kier alpha value is -4.25. The minimum absolute atomic E-state index is 0.233.